The molecule has 0 bridgehead atoms. The first-order chi connectivity index (χ1) is 18.6. The van der Waals surface area contributed by atoms with E-state index in [-0.39, 0.29) is 42.6 Å². The first-order valence-electron chi connectivity index (χ1n) is 14.2. The lowest BCUT2D eigenvalue weighted by Crippen LogP contribution is -2.35. The van der Waals surface area contributed by atoms with Crippen LogP contribution in [0.5, 0.6) is 5.75 Å². The van der Waals surface area contributed by atoms with Crippen molar-refractivity contribution in [2.75, 3.05) is 6.79 Å². The van der Waals surface area contributed by atoms with Crippen molar-refractivity contribution in [2.45, 2.75) is 110 Å². The van der Waals surface area contributed by atoms with Crippen molar-refractivity contribution in [3.63, 3.8) is 0 Å². The molecule has 2 rings (SSSR count). The topological polar surface area (TPSA) is 74.2 Å². The predicted octanol–water partition coefficient (Wildman–Crippen LogP) is 7.33. The first-order valence-corrected chi connectivity index (χ1v) is 14.2. The number of aliphatic hydroxyl groups is 1. The van der Waals surface area contributed by atoms with Crippen molar-refractivity contribution in [1.29, 1.82) is 0 Å². The van der Waals surface area contributed by atoms with Crippen LogP contribution in [0.25, 0.3) is 0 Å². The second-order valence-corrected chi connectivity index (χ2v) is 10.6. The van der Waals surface area contributed by atoms with Crippen LogP contribution in [0, 0.1) is 0 Å². The van der Waals surface area contributed by atoms with Crippen LogP contribution in [0.4, 0.5) is 0 Å². The Labute approximate surface area is 235 Å². The highest BCUT2D eigenvalue weighted by atomic mass is 16.6. The molecule has 39 heavy (non-hydrogen) atoms. The lowest BCUT2D eigenvalue weighted by molar-refractivity contribution is -0.149. The number of aliphatic hydroxyl groups excluding tert-OH is 1. The molecule has 0 amide bonds. The Morgan fingerprint density at radius 3 is 2.31 bits per heavy atom. The normalized spacial score (nSPS) is 20.1. The number of benzene rings is 1. The van der Waals surface area contributed by atoms with Gasteiger partial charge in [-0.15, -0.1) is 0 Å². The average Bonchev–Trinajstić information content (AvgIpc) is 2.91. The Bertz CT molecular complexity index is 986. The van der Waals surface area contributed by atoms with Gasteiger partial charge in [0.1, 0.15) is 36.6 Å². The van der Waals surface area contributed by atoms with Crippen LogP contribution in [-0.2, 0) is 24.4 Å². The van der Waals surface area contributed by atoms with Crippen molar-refractivity contribution >= 4 is 5.97 Å². The highest BCUT2D eigenvalue weighted by molar-refractivity contribution is 5.87. The van der Waals surface area contributed by atoms with Crippen LogP contribution in [-0.4, -0.2) is 42.3 Å². The fourth-order valence-electron chi connectivity index (χ4n) is 4.66. The second kappa shape index (κ2) is 16.3. The van der Waals surface area contributed by atoms with E-state index in [1.165, 1.54) is 0 Å². The fourth-order valence-corrected chi connectivity index (χ4v) is 4.66. The molecule has 6 heteroatoms. The highest BCUT2D eigenvalue weighted by Crippen LogP contribution is 2.29. The Hall–Kier alpha value is -2.83. The summed E-state index contributed by atoms with van der Waals surface area (Å²) in [6.07, 6.45) is 14.7. The van der Waals surface area contributed by atoms with Gasteiger partial charge in [0, 0.05) is 11.0 Å². The van der Waals surface area contributed by atoms with E-state index >= 15 is 0 Å². The van der Waals surface area contributed by atoms with Crippen molar-refractivity contribution in [1.82, 2.24) is 0 Å². The highest BCUT2D eigenvalue weighted by Gasteiger charge is 2.28. The molecule has 0 heterocycles. The van der Waals surface area contributed by atoms with Crippen LogP contribution < -0.4 is 4.74 Å². The van der Waals surface area contributed by atoms with E-state index in [2.05, 4.69) is 38.6 Å². The van der Waals surface area contributed by atoms with Crippen molar-refractivity contribution in [2.24, 2.45) is 0 Å². The molecule has 0 spiro atoms. The largest absolute Gasteiger partial charge is 0.488 e. The molecule has 0 aromatic heterocycles. The Kier molecular flexibility index (Phi) is 13.5. The van der Waals surface area contributed by atoms with E-state index in [1.807, 2.05) is 57.2 Å². The molecule has 0 saturated heterocycles. The lowest BCUT2D eigenvalue weighted by Gasteiger charge is -2.31. The molecule has 4 unspecified atom stereocenters. The van der Waals surface area contributed by atoms with Gasteiger partial charge in [0.05, 0.1) is 6.10 Å². The molecule has 1 aromatic carbocycles. The van der Waals surface area contributed by atoms with Crippen molar-refractivity contribution in [3.05, 3.63) is 78.1 Å². The number of ether oxygens (including phenoxy) is 4. The van der Waals surface area contributed by atoms with Crippen LogP contribution in [0.2, 0.25) is 0 Å². The summed E-state index contributed by atoms with van der Waals surface area (Å²) in [5.74, 6) is 1.13. The minimum Gasteiger partial charge on any atom is -0.488 e. The minimum atomic E-state index is -0.387. The Morgan fingerprint density at radius 1 is 1.10 bits per heavy atom. The zero-order chi connectivity index (χ0) is 28.8. The third-order valence-corrected chi connectivity index (χ3v) is 7.03. The molecule has 1 aliphatic carbocycles. The van der Waals surface area contributed by atoms with Gasteiger partial charge in [0.2, 0.25) is 0 Å². The molecule has 216 valence electrons. The Morgan fingerprint density at radius 2 is 1.74 bits per heavy atom. The van der Waals surface area contributed by atoms with Crippen LogP contribution in [0.3, 0.4) is 0 Å². The van der Waals surface area contributed by atoms with Gasteiger partial charge in [-0.05, 0) is 75.8 Å². The third-order valence-electron chi connectivity index (χ3n) is 7.03. The maximum absolute atomic E-state index is 12.0. The molecule has 1 saturated carbocycles. The van der Waals surface area contributed by atoms with Gasteiger partial charge in [0.15, 0.2) is 0 Å². The molecular weight excluding hydrogens is 492 g/mol. The van der Waals surface area contributed by atoms with E-state index in [4.69, 9.17) is 18.9 Å². The van der Waals surface area contributed by atoms with Gasteiger partial charge in [-0.2, -0.15) is 0 Å². The van der Waals surface area contributed by atoms with Crippen molar-refractivity contribution < 1.29 is 28.8 Å². The summed E-state index contributed by atoms with van der Waals surface area (Å²) in [5, 5.41) is 9.22. The summed E-state index contributed by atoms with van der Waals surface area (Å²) in [4.78, 5) is 12.0. The van der Waals surface area contributed by atoms with E-state index < -0.39 is 0 Å². The number of carbonyl (C=O) groups excluding carboxylic acids is 1. The zero-order valence-electron chi connectivity index (χ0n) is 24.7. The standard InChI is InChI=1S/C33H48O6/c1-8-14-26(38-31-17-12-11-16-30(31)36-23-34)15-13-22-33(6,7)25-18-20-27(21-19-25)37-28(9-2)29(10-3)39-32(35)24(4)5/h8,13-15,18-22,28-31,34H,4,9-12,16-17,23H2,1-3,5-7H3/b14-8-,22-13?,26-15+. The quantitative estimate of drug-likeness (QED) is 0.0825. The maximum atomic E-state index is 12.0. The molecule has 0 aliphatic heterocycles. The molecular formula is C33H48O6. The number of allylic oxidation sites excluding steroid dienone is 5. The molecule has 4 atom stereocenters. The predicted molar refractivity (Wildman–Crippen MR) is 156 cm³/mol. The van der Waals surface area contributed by atoms with Gasteiger partial charge in [-0.25, -0.2) is 4.79 Å². The molecule has 0 radical (unpaired) electrons. The van der Waals surface area contributed by atoms with Crippen LogP contribution in [0.1, 0.15) is 85.6 Å². The molecule has 1 aliphatic rings. The summed E-state index contributed by atoms with van der Waals surface area (Å²) in [5.41, 5.74) is 1.30. The number of rotatable bonds is 15. The van der Waals surface area contributed by atoms with Crippen LogP contribution >= 0.6 is 0 Å². The molecule has 1 N–H and O–H groups in total. The number of hydrogen-bond acceptors (Lipinski definition) is 6. The van der Waals surface area contributed by atoms with Crippen molar-refractivity contribution in [3.8, 4) is 5.75 Å². The van der Waals surface area contributed by atoms with Gasteiger partial charge in [-0.3, -0.25) is 0 Å². The van der Waals surface area contributed by atoms with Gasteiger partial charge in [-0.1, -0.05) is 71.1 Å². The van der Waals surface area contributed by atoms with E-state index in [1.54, 1.807) is 6.92 Å². The monoisotopic (exact) mass is 540 g/mol. The van der Waals surface area contributed by atoms with E-state index in [0.29, 0.717) is 18.4 Å². The smallest absolute Gasteiger partial charge is 0.333 e. The van der Waals surface area contributed by atoms with Gasteiger partial charge in [0.25, 0.3) is 0 Å². The second-order valence-electron chi connectivity index (χ2n) is 10.6. The molecule has 1 fully saturated rings. The number of carbonyl (C=O) groups is 1. The third kappa shape index (κ3) is 10.3. The average molecular weight is 541 g/mol. The summed E-state index contributed by atoms with van der Waals surface area (Å²) in [6, 6.07) is 8.07. The Balaban J connectivity index is 2.09. The summed E-state index contributed by atoms with van der Waals surface area (Å²) in [7, 11) is 0. The number of hydrogen-bond donors (Lipinski definition) is 1. The summed E-state index contributed by atoms with van der Waals surface area (Å²) < 4.78 is 23.6. The van der Waals surface area contributed by atoms with E-state index in [9.17, 15) is 9.90 Å². The SMILES string of the molecule is C=C(C)C(=O)OC(CC)C(CC)Oc1ccc(C(C)(C)C=C/C=C(\C=C/C)OC2CCCCC2OCO)cc1. The number of esters is 1. The van der Waals surface area contributed by atoms with Gasteiger partial charge < -0.3 is 24.1 Å². The van der Waals surface area contributed by atoms with E-state index in [0.717, 1.165) is 42.8 Å². The fraction of sp³-hybridized carbons (Fsp3) is 0.545. The molecule has 1 aromatic rings. The summed E-state index contributed by atoms with van der Waals surface area (Å²) >= 11 is 0. The summed E-state index contributed by atoms with van der Waals surface area (Å²) in [6.45, 7) is 15.3. The van der Waals surface area contributed by atoms with Crippen LogP contribution in [0.15, 0.2) is 72.6 Å². The first kappa shape index (κ1) is 32.4. The lowest BCUT2D eigenvalue weighted by atomic mass is 9.84. The maximum Gasteiger partial charge on any atom is 0.333 e. The zero-order valence-corrected chi connectivity index (χ0v) is 24.7. The van der Waals surface area contributed by atoms with Gasteiger partial charge >= 0.3 is 5.97 Å². The minimum absolute atomic E-state index is 0.0640. The molecule has 6 nitrogen and oxygen atoms in total.